The molecule has 1 aromatic carbocycles. The fourth-order valence-electron chi connectivity index (χ4n) is 3.94. The van der Waals surface area contributed by atoms with E-state index >= 15 is 0 Å². The lowest BCUT2D eigenvalue weighted by Gasteiger charge is -2.09. The third kappa shape index (κ3) is 4.03. The number of nitrogens with zero attached hydrogens (tertiary/aromatic N) is 5. The van der Waals surface area contributed by atoms with E-state index in [1.54, 1.807) is 24.3 Å². The number of nitrogens with two attached hydrogens (primary N) is 1. The van der Waals surface area contributed by atoms with Gasteiger partial charge in [-0.1, -0.05) is 12.1 Å². The third-order valence-electron chi connectivity index (χ3n) is 5.65. The van der Waals surface area contributed by atoms with Gasteiger partial charge in [-0.15, -0.1) is 0 Å². The van der Waals surface area contributed by atoms with E-state index in [0.717, 1.165) is 37.8 Å². The Hall–Kier alpha value is -4.06. The highest BCUT2D eigenvalue weighted by atomic mass is 19.4. The molecule has 4 aromatic rings. The van der Waals surface area contributed by atoms with Crippen LogP contribution in [0.3, 0.4) is 0 Å². The van der Waals surface area contributed by atoms with Crippen LogP contribution in [0.15, 0.2) is 48.9 Å². The van der Waals surface area contributed by atoms with Gasteiger partial charge in [0.2, 0.25) is 0 Å². The Labute approximate surface area is 191 Å². The molecule has 1 saturated heterocycles. The van der Waals surface area contributed by atoms with Gasteiger partial charge in [0.05, 0.1) is 17.0 Å². The van der Waals surface area contributed by atoms with E-state index in [9.17, 15) is 18.0 Å². The Morgan fingerprint density at radius 2 is 1.94 bits per heavy atom. The normalized spacial score (nSPS) is 16.1. The summed E-state index contributed by atoms with van der Waals surface area (Å²) < 4.78 is 40.6. The van der Waals surface area contributed by atoms with E-state index in [1.165, 1.54) is 6.33 Å². The van der Waals surface area contributed by atoms with Gasteiger partial charge in [-0.05, 0) is 37.2 Å². The summed E-state index contributed by atoms with van der Waals surface area (Å²) in [6, 6.07) is 8.26. The standard InChI is InChI=1S/C22H19F3N8O/c23-22(24,25)14-5-8-28-16(9-14)31-21(34)13-3-1-12(2-4-13)18-17-19(26)29-11-30-20(17)33(32-18)15-6-7-27-10-15/h1-5,8-9,11,15,27H,6-7,10H2,(H2,26,29,30)(H,28,31,34)/t15-/m1/s1. The number of carbonyl (C=O) groups excluding carboxylic acids is 1. The smallest absolute Gasteiger partial charge is 0.383 e. The number of anilines is 2. The molecule has 0 radical (unpaired) electrons. The molecule has 0 unspecified atom stereocenters. The van der Waals surface area contributed by atoms with Crippen LogP contribution in [0, 0.1) is 0 Å². The van der Waals surface area contributed by atoms with Crippen molar-refractivity contribution in [1.82, 2.24) is 30.0 Å². The minimum atomic E-state index is -4.53. The van der Waals surface area contributed by atoms with Crippen LogP contribution < -0.4 is 16.4 Å². The summed E-state index contributed by atoms with van der Waals surface area (Å²) in [6.07, 6.45) is -1.23. The average Bonchev–Trinajstić information content (AvgIpc) is 3.47. The molecule has 1 aliphatic rings. The van der Waals surface area contributed by atoms with Crippen molar-refractivity contribution in [2.24, 2.45) is 0 Å². The molecule has 0 spiro atoms. The van der Waals surface area contributed by atoms with Crippen molar-refractivity contribution in [3.63, 3.8) is 0 Å². The number of pyridine rings is 1. The summed E-state index contributed by atoms with van der Waals surface area (Å²) >= 11 is 0. The van der Waals surface area contributed by atoms with Crippen molar-refractivity contribution < 1.29 is 18.0 Å². The van der Waals surface area contributed by atoms with Crippen molar-refractivity contribution in [2.75, 3.05) is 24.1 Å². The fraction of sp³-hybridized carbons (Fsp3) is 0.227. The number of carbonyl (C=O) groups is 1. The summed E-state index contributed by atoms with van der Waals surface area (Å²) in [6.45, 7) is 1.65. The first-order chi connectivity index (χ1) is 16.3. The molecular weight excluding hydrogens is 449 g/mol. The Morgan fingerprint density at radius 3 is 2.65 bits per heavy atom. The summed E-state index contributed by atoms with van der Waals surface area (Å²) in [7, 11) is 0. The molecule has 4 N–H and O–H groups in total. The van der Waals surface area contributed by atoms with E-state index in [4.69, 9.17) is 10.8 Å². The van der Waals surface area contributed by atoms with E-state index < -0.39 is 17.6 Å². The van der Waals surface area contributed by atoms with Crippen molar-refractivity contribution in [1.29, 1.82) is 0 Å². The Balaban J connectivity index is 1.43. The Kier molecular flexibility index (Phi) is 5.36. The van der Waals surface area contributed by atoms with Crippen LogP contribution in [0.1, 0.15) is 28.4 Å². The number of alkyl halides is 3. The van der Waals surface area contributed by atoms with Crippen molar-refractivity contribution >= 4 is 28.6 Å². The maximum absolute atomic E-state index is 12.9. The summed E-state index contributed by atoms with van der Waals surface area (Å²) in [5.41, 5.74) is 7.41. The van der Waals surface area contributed by atoms with Crippen LogP contribution in [0.5, 0.6) is 0 Å². The van der Waals surface area contributed by atoms with Crippen molar-refractivity contribution in [2.45, 2.75) is 18.6 Å². The largest absolute Gasteiger partial charge is 0.416 e. The van der Waals surface area contributed by atoms with Gasteiger partial charge >= 0.3 is 6.18 Å². The number of fused-ring (bicyclic) bond motifs is 1. The lowest BCUT2D eigenvalue weighted by atomic mass is 10.1. The summed E-state index contributed by atoms with van der Waals surface area (Å²) in [4.78, 5) is 24.8. The van der Waals surface area contributed by atoms with Crippen molar-refractivity contribution in [3.05, 3.63) is 60.0 Å². The molecule has 174 valence electrons. The molecule has 1 aliphatic heterocycles. The molecule has 12 heteroatoms. The van der Waals surface area contributed by atoms with Crippen LogP contribution in [0.4, 0.5) is 24.8 Å². The molecule has 4 heterocycles. The van der Waals surface area contributed by atoms with Gasteiger partial charge in [-0.3, -0.25) is 4.79 Å². The zero-order chi connectivity index (χ0) is 23.9. The van der Waals surface area contributed by atoms with Gasteiger partial charge in [0.15, 0.2) is 5.65 Å². The van der Waals surface area contributed by atoms with Gasteiger partial charge in [-0.25, -0.2) is 19.6 Å². The van der Waals surface area contributed by atoms with E-state index in [1.807, 2.05) is 4.68 Å². The lowest BCUT2D eigenvalue weighted by molar-refractivity contribution is -0.137. The highest BCUT2D eigenvalue weighted by Crippen LogP contribution is 2.33. The molecule has 1 atom stereocenters. The molecule has 0 aliphatic carbocycles. The second-order valence-electron chi connectivity index (χ2n) is 7.86. The minimum Gasteiger partial charge on any atom is -0.383 e. The zero-order valence-electron chi connectivity index (χ0n) is 17.7. The highest BCUT2D eigenvalue weighted by molar-refractivity contribution is 6.04. The lowest BCUT2D eigenvalue weighted by Crippen LogP contribution is -2.15. The highest BCUT2D eigenvalue weighted by Gasteiger charge is 2.31. The van der Waals surface area contributed by atoms with E-state index in [2.05, 4.69) is 25.6 Å². The number of nitrogen functional groups attached to an aromatic ring is 1. The number of hydrogen-bond donors (Lipinski definition) is 3. The number of amides is 1. The predicted molar refractivity (Wildman–Crippen MR) is 119 cm³/mol. The summed E-state index contributed by atoms with van der Waals surface area (Å²) in [5.74, 6) is -0.480. The topological polar surface area (TPSA) is 124 Å². The number of benzene rings is 1. The van der Waals surface area contributed by atoms with E-state index in [0.29, 0.717) is 28.1 Å². The second-order valence-corrected chi connectivity index (χ2v) is 7.86. The number of aromatic nitrogens is 5. The maximum atomic E-state index is 12.9. The van der Waals surface area contributed by atoms with Crippen LogP contribution in [-0.4, -0.2) is 43.7 Å². The first-order valence-electron chi connectivity index (χ1n) is 10.5. The number of nitrogens with one attached hydrogen (secondary N) is 2. The molecule has 1 fully saturated rings. The average molecular weight is 468 g/mol. The molecule has 0 saturated carbocycles. The Bertz CT molecular complexity index is 1360. The van der Waals surface area contributed by atoms with Gasteiger partial charge in [0.25, 0.3) is 5.91 Å². The third-order valence-corrected chi connectivity index (χ3v) is 5.65. The molecular formula is C22H19F3N8O. The first-order valence-corrected chi connectivity index (χ1v) is 10.5. The maximum Gasteiger partial charge on any atom is 0.416 e. The van der Waals surface area contributed by atoms with Gasteiger partial charge < -0.3 is 16.4 Å². The van der Waals surface area contributed by atoms with E-state index in [-0.39, 0.29) is 17.4 Å². The Morgan fingerprint density at radius 1 is 1.15 bits per heavy atom. The number of rotatable bonds is 4. The molecule has 3 aromatic heterocycles. The molecule has 9 nitrogen and oxygen atoms in total. The quantitative estimate of drug-likeness (QED) is 0.420. The SMILES string of the molecule is Nc1ncnc2c1c(-c1ccc(C(=O)Nc3cc(C(F)(F)F)ccn3)cc1)nn2[C@@H]1CCNC1. The van der Waals surface area contributed by atoms with Crippen LogP contribution in [0.25, 0.3) is 22.3 Å². The number of hydrogen-bond acceptors (Lipinski definition) is 7. The minimum absolute atomic E-state index is 0.135. The van der Waals surface area contributed by atoms with Crippen LogP contribution >= 0.6 is 0 Å². The monoisotopic (exact) mass is 468 g/mol. The van der Waals surface area contributed by atoms with Gasteiger partial charge in [-0.2, -0.15) is 18.3 Å². The van der Waals surface area contributed by atoms with Crippen LogP contribution in [-0.2, 0) is 6.18 Å². The molecule has 34 heavy (non-hydrogen) atoms. The van der Waals surface area contributed by atoms with Gasteiger partial charge in [0.1, 0.15) is 23.7 Å². The zero-order valence-corrected chi connectivity index (χ0v) is 17.7. The second kappa shape index (κ2) is 8.37. The molecule has 0 bridgehead atoms. The predicted octanol–water partition coefficient (Wildman–Crippen LogP) is 3.28. The van der Waals surface area contributed by atoms with Gasteiger partial charge in [0, 0.05) is 23.9 Å². The summed E-state index contributed by atoms with van der Waals surface area (Å²) in [5, 5.41) is 11.1. The fourth-order valence-corrected chi connectivity index (χ4v) is 3.94. The van der Waals surface area contributed by atoms with Crippen LogP contribution in [0.2, 0.25) is 0 Å². The molecule has 1 amide bonds. The van der Waals surface area contributed by atoms with Crippen molar-refractivity contribution in [3.8, 4) is 11.3 Å². The molecule has 5 rings (SSSR count). The first kappa shape index (κ1) is 21.8. The number of halogens is 3.